The first-order valence-corrected chi connectivity index (χ1v) is 15.5. The Morgan fingerprint density at radius 2 is 1.83 bits per heavy atom. The Labute approximate surface area is 241 Å². The van der Waals surface area contributed by atoms with Gasteiger partial charge in [-0.15, -0.1) is 0 Å². The monoisotopic (exact) mass is 562 g/mol. The summed E-state index contributed by atoms with van der Waals surface area (Å²) in [4.78, 5) is 42.5. The molecule has 5 atom stereocenters. The van der Waals surface area contributed by atoms with E-state index in [1.165, 1.54) is 29.8 Å². The van der Waals surface area contributed by atoms with Gasteiger partial charge in [0.2, 0.25) is 17.6 Å². The summed E-state index contributed by atoms with van der Waals surface area (Å²) in [5, 5.41) is 9.58. The Hall–Kier alpha value is -3.20. The molecule has 41 heavy (non-hydrogen) atoms. The minimum atomic E-state index is -0.751. The molecule has 1 saturated carbocycles. The second kappa shape index (κ2) is 11.6. The molecule has 2 N–H and O–H groups in total. The first-order chi connectivity index (χ1) is 19.9. The molecule has 1 aromatic heterocycles. The van der Waals surface area contributed by atoms with Crippen LogP contribution in [0.25, 0.3) is 0 Å². The number of aromatic nitrogens is 1. The van der Waals surface area contributed by atoms with Crippen molar-refractivity contribution in [2.45, 2.75) is 101 Å². The summed E-state index contributed by atoms with van der Waals surface area (Å²) in [5.41, 5.74) is 2.66. The van der Waals surface area contributed by atoms with Gasteiger partial charge in [0, 0.05) is 24.6 Å². The fourth-order valence-corrected chi connectivity index (χ4v) is 7.48. The molecule has 3 amide bonds. The largest absolute Gasteiger partial charge is 0.364 e. The fourth-order valence-electron chi connectivity index (χ4n) is 7.48. The summed E-state index contributed by atoms with van der Waals surface area (Å²) in [6.07, 6.45) is 10.4. The Balaban J connectivity index is 1.14. The highest BCUT2D eigenvalue weighted by Crippen LogP contribution is 2.62. The van der Waals surface area contributed by atoms with Crippen LogP contribution in [-0.4, -0.2) is 59.1 Å². The zero-order chi connectivity index (χ0) is 28.6. The van der Waals surface area contributed by atoms with Crippen molar-refractivity contribution in [3.63, 3.8) is 0 Å². The van der Waals surface area contributed by atoms with Crippen molar-refractivity contribution in [1.82, 2.24) is 20.7 Å². The number of epoxide rings is 1. The summed E-state index contributed by atoms with van der Waals surface area (Å²) in [7, 11) is 0. The molecule has 3 fully saturated rings. The Morgan fingerprint density at radius 1 is 1.07 bits per heavy atom. The molecular weight excluding hydrogens is 520 g/mol. The number of fused-ring (bicyclic) bond motifs is 5. The van der Waals surface area contributed by atoms with E-state index in [1.54, 1.807) is 0 Å². The van der Waals surface area contributed by atoms with Crippen molar-refractivity contribution >= 4 is 17.7 Å². The van der Waals surface area contributed by atoms with Crippen molar-refractivity contribution in [3.05, 3.63) is 53.4 Å². The predicted octanol–water partition coefficient (Wildman–Crippen LogP) is 4.29. The van der Waals surface area contributed by atoms with Crippen LogP contribution >= 0.6 is 0 Å². The number of piperidine rings is 1. The van der Waals surface area contributed by atoms with Crippen LogP contribution < -0.4 is 10.6 Å². The lowest BCUT2D eigenvalue weighted by atomic mass is 9.73. The third-order valence-electron chi connectivity index (χ3n) is 10.2. The van der Waals surface area contributed by atoms with Crippen LogP contribution in [-0.2, 0) is 19.7 Å². The first-order valence-electron chi connectivity index (χ1n) is 15.5. The van der Waals surface area contributed by atoms with Crippen molar-refractivity contribution in [1.29, 1.82) is 0 Å². The van der Waals surface area contributed by atoms with E-state index in [2.05, 4.69) is 40.1 Å². The van der Waals surface area contributed by atoms with E-state index in [-0.39, 0.29) is 41.1 Å². The maximum Gasteiger partial charge on any atom is 0.290 e. The minimum absolute atomic E-state index is 0.0246. The average molecular weight is 563 g/mol. The number of carbonyl (C=O) groups is 3. The third-order valence-corrected chi connectivity index (χ3v) is 10.2. The maximum absolute atomic E-state index is 14.0. The van der Waals surface area contributed by atoms with Gasteiger partial charge in [-0.05, 0) is 42.2 Å². The van der Waals surface area contributed by atoms with Gasteiger partial charge in [0.05, 0.1) is 12.3 Å². The van der Waals surface area contributed by atoms with Crippen molar-refractivity contribution < 1.29 is 23.6 Å². The zero-order valence-electron chi connectivity index (χ0n) is 24.1. The van der Waals surface area contributed by atoms with E-state index >= 15 is 0 Å². The van der Waals surface area contributed by atoms with E-state index in [4.69, 9.17) is 9.26 Å². The highest BCUT2D eigenvalue weighted by Gasteiger charge is 2.63. The molecule has 2 saturated heterocycles. The summed E-state index contributed by atoms with van der Waals surface area (Å²) in [6, 6.07) is 8.65. The first kappa shape index (κ1) is 27.9. The molecular formula is C32H42N4O5. The van der Waals surface area contributed by atoms with E-state index in [1.807, 2.05) is 18.7 Å². The smallest absolute Gasteiger partial charge is 0.290 e. The van der Waals surface area contributed by atoms with Crippen LogP contribution in [0.5, 0.6) is 0 Å². The molecule has 9 heteroatoms. The van der Waals surface area contributed by atoms with Crippen LogP contribution in [0.4, 0.5) is 0 Å². The number of amides is 3. The molecule has 2 unspecified atom stereocenters. The Bertz CT molecular complexity index is 1250. The number of nitrogens with zero attached hydrogens (tertiary/aromatic N) is 2. The number of benzene rings is 1. The molecule has 1 aromatic carbocycles. The van der Waals surface area contributed by atoms with Gasteiger partial charge < -0.3 is 24.8 Å². The Kier molecular flexibility index (Phi) is 7.90. The highest BCUT2D eigenvalue weighted by atomic mass is 16.6. The summed E-state index contributed by atoms with van der Waals surface area (Å²) >= 11 is 0. The summed E-state index contributed by atoms with van der Waals surface area (Å²) in [5.74, 6) is -0.448. The highest BCUT2D eigenvalue weighted by molar-refractivity contribution is 5.96. The van der Waals surface area contributed by atoms with E-state index in [0.717, 1.165) is 44.9 Å². The van der Waals surface area contributed by atoms with Gasteiger partial charge in [-0.25, -0.2) is 0 Å². The van der Waals surface area contributed by atoms with Crippen molar-refractivity contribution in [3.8, 4) is 0 Å². The van der Waals surface area contributed by atoms with Crippen LogP contribution in [0.1, 0.15) is 99.4 Å². The normalized spacial score (nSPS) is 25.1. The van der Waals surface area contributed by atoms with Crippen LogP contribution in [0.3, 0.4) is 0 Å². The molecule has 220 valence electrons. The molecule has 2 aromatic rings. The number of rotatable bonds is 9. The standard InChI is InChI=1S/C32H42N4O5/c1-3-20(2)26(31(39)36-17-14-32(15-18-36)23-12-8-7-11-22(23)27-28(32)40-27)35-29(37)24(19-21-9-5-4-6-10-21)34-30(38)25-13-16-33-41-25/h7-8,11-13,16,20-21,24,26-28H,3-6,9-10,14-15,17-19H2,1-2H3,(H,34,38)(H,35,37)/t20-,24-,26-,27?,28?/m0/s1. The lowest BCUT2D eigenvalue weighted by molar-refractivity contribution is -0.140. The number of carbonyl (C=O) groups excluding carboxylic acids is 3. The molecule has 0 bridgehead atoms. The average Bonchev–Trinajstić information content (AvgIpc) is 3.53. The SMILES string of the molecule is CC[C@H](C)[C@H](NC(=O)[C@H](CC1CCCCC1)NC(=O)c1ccno1)C(=O)N1CCC2(CC1)c1ccccc1C1OC12. The van der Waals surface area contributed by atoms with Crippen LogP contribution in [0.2, 0.25) is 0 Å². The molecule has 2 aliphatic carbocycles. The van der Waals surface area contributed by atoms with Gasteiger partial charge in [0.15, 0.2) is 0 Å². The van der Waals surface area contributed by atoms with E-state index < -0.39 is 18.0 Å². The van der Waals surface area contributed by atoms with Gasteiger partial charge in [-0.2, -0.15) is 0 Å². The Morgan fingerprint density at radius 3 is 2.54 bits per heavy atom. The van der Waals surface area contributed by atoms with Crippen molar-refractivity contribution in [2.24, 2.45) is 11.8 Å². The third kappa shape index (κ3) is 5.41. The molecule has 9 nitrogen and oxygen atoms in total. The molecule has 3 heterocycles. The predicted molar refractivity (Wildman–Crippen MR) is 152 cm³/mol. The number of ether oxygens (including phenoxy) is 1. The quantitative estimate of drug-likeness (QED) is 0.441. The lowest BCUT2D eigenvalue weighted by Crippen LogP contribution is -2.58. The summed E-state index contributed by atoms with van der Waals surface area (Å²) in [6.45, 7) is 5.31. The summed E-state index contributed by atoms with van der Waals surface area (Å²) < 4.78 is 11.1. The molecule has 0 radical (unpaired) electrons. The number of likely N-dealkylation sites (tertiary alicyclic amines) is 1. The molecule has 1 spiro atoms. The lowest BCUT2D eigenvalue weighted by Gasteiger charge is -2.42. The van der Waals surface area contributed by atoms with Crippen molar-refractivity contribution in [2.75, 3.05) is 13.1 Å². The fraction of sp³-hybridized carbons (Fsp3) is 0.625. The van der Waals surface area contributed by atoms with Gasteiger partial charge >= 0.3 is 0 Å². The number of hydrogen-bond donors (Lipinski definition) is 2. The van der Waals surface area contributed by atoms with Crippen LogP contribution in [0.15, 0.2) is 41.1 Å². The number of hydrogen-bond acceptors (Lipinski definition) is 6. The van der Waals surface area contributed by atoms with Gasteiger partial charge in [-0.1, -0.05) is 81.8 Å². The molecule has 6 rings (SSSR count). The topological polar surface area (TPSA) is 117 Å². The van der Waals surface area contributed by atoms with Gasteiger partial charge in [0.25, 0.3) is 5.91 Å². The second-order valence-corrected chi connectivity index (χ2v) is 12.6. The minimum Gasteiger partial charge on any atom is -0.364 e. The van der Waals surface area contributed by atoms with Gasteiger partial charge in [-0.3, -0.25) is 14.4 Å². The van der Waals surface area contributed by atoms with E-state index in [9.17, 15) is 14.4 Å². The zero-order valence-corrected chi connectivity index (χ0v) is 24.1. The second-order valence-electron chi connectivity index (χ2n) is 12.6. The van der Waals surface area contributed by atoms with Gasteiger partial charge in [0.1, 0.15) is 18.2 Å². The number of nitrogens with one attached hydrogen (secondary N) is 2. The van der Waals surface area contributed by atoms with Crippen LogP contribution in [0, 0.1) is 11.8 Å². The molecule has 2 aliphatic heterocycles. The maximum atomic E-state index is 14.0. The van der Waals surface area contributed by atoms with E-state index in [0.29, 0.717) is 25.4 Å². The molecule has 4 aliphatic rings.